The molecule has 27 heavy (non-hydrogen) atoms. The molecule has 142 valence electrons. The van der Waals surface area contributed by atoms with Gasteiger partial charge in [0.25, 0.3) is 5.91 Å². The number of nitrogens with zero attached hydrogens (tertiary/aromatic N) is 1. The highest BCUT2D eigenvalue weighted by Gasteiger charge is 2.09. The van der Waals surface area contributed by atoms with Gasteiger partial charge in [0.2, 0.25) is 5.91 Å². The maximum absolute atomic E-state index is 12.1. The standard InChI is InChI=1S/C20H22ClN3O3/c1-13-7-9-16(10-8-13)27-12-20(26)24-23-14(2)11-19(25)22-18-6-4-5-17(21)15(18)3/h4-10H,11-12H2,1-3H3,(H,22,25)(H,24,26). The first kappa shape index (κ1) is 20.5. The molecule has 0 aliphatic carbocycles. The van der Waals surface area contributed by atoms with Gasteiger partial charge in [-0.1, -0.05) is 35.4 Å². The van der Waals surface area contributed by atoms with Gasteiger partial charge < -0.3 is 10.1 Å². The van der Waals surface area contributed by atoms with E-state index in [4.69, 9.17) is 16.3 Å². The van der Waals surface area contributed by atoms with Crippen molar-refractivity contribution in [3.63, 3.8) is 0 Å². The van der Waals surface area contributed by atoms with Crippen LogP contribution in [0.5, 0.6) is 5.75 Å². The lowest BCUT2D eigenvalue weighted by Gasteiger charge is -2.09. The summed E-state index contributed by atoms with van der Waals surface area (Å²) in [7, 11) is 0. The fraction of sp³-hybridized carbons (Fsp3) is 0.250. The molecule has 0 heterocycles. The van der Waals surface area contributed by atoms with Crippen LogP contribution in [0.2, 0.25) is 5.02 Å². The van der Waals surface area contributed by atoms with Gasteiger partial charge >= 0.3 is 0 Å². The predicted molar refractivity (Wildman–Crippen MR) is 107 cm³/mol. The van der Waals surface area contributed by atoms with E-state index in [1.54, 1.807) is 37.3 Å². The van der Waals surface area contributed by atoms with Crippen molar-refractivity contribution in [3.05, 3.63) is 58.6 Å². The SMILES string of the molecule is CC(CC(=O)Nc1cccc(Cl)c1C)=NNC(=O)COc1ccc(C)cc1. The number of benzene rings is 2. The van der Waals surface area contributed by atoms with E-state index in [1.807, 2.05) is 26.0 Å². The van der Waals surface area contributed by atoms with Crippen LogP contribution in [0.3, 0.4) is 0 Å². The Morgan fingerprint density at radius 1 is 1.07 bits per heavy atom. The van der Waals surface area contributed by atoms with Gasteiger partial charge in [-0.05, 0) is 50.6 Å². The van der Waals surface area contributed by atoms with Crippen molar-refractivity contribution in [3.8, 4) is 5.75 Å². The molecule has 0 aromatic heterocycles. The molecule has 2 N–H and O–H groups in total. The van der Waals surface area contributed by atoms with Crippen molar-refractivity contribution in [2.45, 2.75) is 27.2 Å². The first-order valence-electron chi connectivity index (χ1n) is 8.41. The quantitative estimate of drug-likeness (QED) is 0.559. The average Bonchev–Trinajstić information content (AvgIpc) is 2.63. The molecule has 0 aliphatic heterocycles. The number of hydrazone groups is 1. The summed E-state index contributed by atoms with van der Waals surface area (Å²) in [5, 5.41) is 7.28. The molecular formula is C20H22ClN3O3. The zero-order chi connectivity index (χ0) is 19.8. The summed E-state index contributed by atoms with van der Waals surface area (Å²) in [5.74, 6) is -0.0412. The molecule has 0 bridgehead atoms. The molecule has 2 rings (SSSR count). The highest BCUT2D eigenvalue weighted by atomic mass is 35.5. The Bertz CT molecular complexity index is 848. The number of nitrogens with one attached hydrogen (secondary N) is 2. The summed E-state index contributed by atoms with van der Waals surface area (Å²) in [6.07, 6.45) is 0.0467. The molecule has 0 fully saturated rings. The highest BCUT2D eigenvalue weighted by Crippen LogP contribution is 2.22. The van der Waals surface area contributed by atoms with Crippen LogP contribution in [0.1, 0.15) is 24.5 Å². The Kier molecular flexibility index (Phi) is 7.37. The number of rotatable bonds is 7. The van der Waals surface area contributed by atoms with E-state index in [-0.39, 0.29) is 18.9 Å². The van der Waals surface area contributed by atoms with Gasteiger partial charge in [-0.15, -0.1) is 0 Å². The van der Waals surface area contributed by atoms with Crippen LogP contribution in [0.4, 0.5) is 5.69 Å². The van der Waals surface area contributed by atoms with E-state index < -0.39 is 5.91 Å². The maximum atomic E-state index is 12.1. The fourth-order valence-corrected chi connectivity index (χ4v) is 2.36. The molecule has 0 atom stereocenters. The fourth-order valence-electron chi connectivity index (χ4n) is 2.18. The molecule has 0 saturated heterocycles. The third-order valence-electron chi connectivity index (χ3n) is 3.72. The summed E-state index contributed by atoms with van der Waals surface area (Å²) >= 11 is 6.03. The third kappa shape index (κ3) is 6.75. The molecule has 7 heteroatoms. The number of hydrogen-bond donors (Lipinski definition) is 2. The zero-order valence-corrected chi connectivity index (χ0v) is 16.3. The second-order valence-corrected chi connectivity index (χ2v) is 6.53. The van der Waals surface area contributed by atoms with Gasteiger partial charge in [0.05, 0.1) is 6.42 Å². The molecule has 0 spiro atoms. The smallest absolute Gasteiger partial charge is 0.277 e. The van der Waals surface area contributed by atoms with Gasteiger partial charge in [-0.3, -0.25) is 9.59 Å². The first-order valence-corrected chi connectivity index (χ1v) is 8.79. The molecular weight excluding hydrogens is 366 g/mol. The summed E-state index contributed by atoms with van der Waals surface area (Å²) in [4.78, 5) is 23.9. The number of carbonyl (C=O) groups excluding carboxylic acids is 2. The highest BCUT2D eigenvalue weighted by molar-refractivity contribution is 6.31. The summed E-state index contributed by atoms with van der Waals surface area (Å²) in [6.45, 7) is 5.30. The van der Waals surface area contributed by atoms with Crippen molar-refractivity contribution in [2.24, 2.45) is 5.10 Å². The monoisotopic (exact) mass is 387 g/mol. The van der Waals surface area contributed by atoms with Crippen molar-refractivity contribution < 1.29 is 14.3 Å². The summed E-state index contributed by atoms with van der Waals surface area (Å²) in [6, 6.07) is 12.7. The van der Waals surface area contributed by atoms with Gasteiger partial charge in [-0.2, -0.15) is 5.10 Å². The minimum Gasteiger partial charge on any atom is -0.484 e. The van der Waals surface area contributed by atoms with E-state index in [9.17, 15) is 9.59 Å². The minimum absolute atomic E-state index is 0.0467. The molecule has 2 aromatic rings. The molecule has 0 unspecified atom stereocenters. The lowest BCUT2D eigenvalue weighted by Crippen LogP contribution is -2.26. The van der Waals surface area contributed by atoms with Crippen LogP contribution >= 0.6 is 11.6 Å². The van der Waals surface area contributed by atoms with E-state index in [0.717, 1.165) is 11.1 Å². The first-order chi connectivity index (χ1) is 12.8. The van der Waals surface area contributed by atoms with Gasteiger partial charge in [-0.25, -0.2) is 5.43 Å². The Morgan fingerprint density at radius 3 is 2.48 bits per heavy atom. The lowest BCUT2D eigenvalue weighted by atomic mass is 10.2. The largest absolute Gasteiger partial charge is 0.484 e. The Labute approximate surface area is 163 Å². The third-order valence-corrected chi connectivity index (χ3v) is 4.13. The van der Waals surface area contributed by atoms with Crippen molar-refractivity contribution >= 4 is 34.8 Å². The second kappa shape index (κ2) is 9.73. The van der Waals surface area contributed by atoms with E-state index in [0.29, 0.717) is 22.2 Å². The van der Waals surface area contributed by atoms with Gasteiger partial charge in [0.15, 0.2) is 6.61 Å². The number of anilines is 1. The predicted octanol–water partition coefficient (Wildman–Crippen LogP) is 3.86. The van der Waals surface area contributed by atoms with Crippen LogP contribution in [-0.2, 0) is 9.59 Å². The number of amides is 2. The normalized spacial score (nSPS) is 11.0. The average molecular weight is 388 g/mol. The van der Waals surface area contributed by atoms with E-state index in [1.165, 1.54) is 0 Å². The van der Waals surface area contributed by atoms with Crippen LogP contribution in [0.15, 0.2) is 47.6 Å². The van der Waals surface area contributed by atoms with Crippen LogP contribution in [0.25, 0.3) is 0 Å². The summed E-state index contributed by atoms with van der Waals surface area (Å²) < 4.78 is 5.37. The van der Waals surface area contributed by atoms with Crippen LogP contribution < -0.4 is 15.5 Å². The molecule has 2 amide bonds. The molecule has 2 aromatic carbocycles. The molecule has 6 nitrogen and oxygen atoms in total. The molecule has 0 saturated carbocycles. The number of carbonyl (C=O) groups is 2. The number of aryl methyl sites for hydroxylation is 1. The number of hydrogen-bond acceptors (Lipinski definition) is 4. The number of halogens is 1. The van der Waals surface area contributed by atoms with Crippen LogP contribution in [0, 0.1) is 13.8 Å². The molecule has 0 aliphatic rings. The van der Waals surface area contributed by atoms with Crippen LogP contribution in [-0.4, -0.2) is 24.1 Å². The van der Waals surface area contributed by atoms with Crippen molar-refractivity contribution in [2.75, 3.05) is 11.9 Å². The van der Waals surface area contributed by atoms with Gasteiger partial charge in [0, 0.05) is 16.4 Å². The minimum atomic E-state index is -0.402. The molecule has 0 radical (unpaired) electrons. The second-order valence-electron chi connectivity index (χ2n) is 6.12. The summed E-state index contributed by atoms with van der Waals surface area (Å²) in [5.41, 5.74) is 5.40. The maximum Gasteiger partial charge on any atom is 0.277 e. The topological polar surface area (TPSA) is 79.8 Å². The Morgan fingerprint density at radius 2 is 1.78 bits per heavy atom. The van der Waals surface area contributed by atoms with Gasteiger partial charge in [0.1, 0.15) is 5.75 Å². The Balaban J connectivity index is 1.78. The van der Waals surface area contributed by atoms with Crippen molar-refractivity contribution in [1.29, 1.82) is 0 Å². The zero-order valence-electron chi connectivity index (χ0n) is 15.5. The van der Waals surface area contributed by atoms with E-state index >= 15 is 0 Å². The Hall–Kier alpha value is -2.86. The lowest BCUT2D eigenvalue weighted by molar-refractivity contribution is -0.123. The number of ether oxygens (including phenoxy) is 1. The van der Waals surface area contributed by atoms with E-state index in [2.05, 4.69) is 15.8 Å². The van der Waals surface area contributed by atoms with Crippen molar-refractivity contribution in [1.82, 2.24) is 5.43 Å².